The largest absolute Gasteiger partial charge is 0.573 e. The van der Waals surface area contributed by atoms with Gasteiger partial charge in [-0.2, -0.15) is 0 Å². The molecule has 1 N–H and O–H groups in total. The van der Waals surface area contributed by atoms with Crippen LogP contribution in [0, 0.1) is 0 Å². The summed E-state index contributed by atoms with van der Waals surface area (Å²) in [7, 11) is 2.02. The van der Waals surface area contributed by atoms with Gasteiger partial charge in [0.15, 0.2) is 0 Å². The van der Waals surface area contributed by atoms with Gasteiger partial charge in [-0.25, -0.2) is 0 Å². The molecule has 0 bridgehead atoms. The highest BCUT2D eigenvalue weighted by molar-refractivity contribution is 9.10. The van der Waals surface area contributed by atoms with Crippen molar-refractivity contribution in [1.29, 1.82) is 0 Å². The van der Waals surface area contributed by atoms with Gasteiger partial charge >= 0.3 is 6.36 Å². The minimum Gasteiger partial charge on any atom is -0.405 e. The molecule has 112 valence electrons. The van der Waals surface area contributed by atoms with Gasteiger partial charge in [0.05, 0.1) is 4.47 Å². The summed E-state index contributed by atoms with van der Waals surface area (Å²) < 4.78 is 40.8. The summed E-state index contributed by atoms with van der Waals surface area (Å²) in [5.74, 6) is -0.216. The van der Waals surface area contributed by atoms with Crippen molar-refractivity contribution in [2.45, 2.75) is 25.4 Å². The van der Waals surface area contributed by atoms with Gasteiger partial charge < -0.3 is 10.1 Å². The first-order valence-electron chi connectivity index (χ1n) is 6.30. The highest BCUT2D eigenvalue weighted by Crippen LogP contribution is 2.31. The Labute approximate surface area is 124 Å². The molecule has 1 unspecified atom stereocenters. The van der Waals surface area contributed by atoms with Crippen LogP contribution in [-0.2, 0) is 6.54 Å². The molecule has 1 aliphatic heterocycles. The van der Waals surface area contributed by atoms with E-state index in [-0.39, 0.29) is 5.75 Å². The SMILES string of the molecule is CN(Cc1ccc(OC(F)(F)F)c(Br)c1)C1CCNC1. The summed E-state index contributed by atoms with van der Waals surface area (Å²) >= 11 is 3.12. The highest BCUT2D eigenvalue weighted by atomic mass is 79.9. The van der Waals surface area contributed by atoms with Crippen molar-refractivity contribution in [3.8, 4) is 5.75 Å². The van der Waals surface area contributed by atoms with Gasteiger partial charge in [-0.05, 0) is 53.6 Å². The summed E-state index contributed by atoms with van der Waals surface area (Å²) in [6.45, 7) is 2.65. The third-order valence-corrected chi connectivity index (χ3v) is 3.93. The zero-order valence-electron chi connectivity index (χ0n) is 11.0. The van der Waals surface area contributed by atoms with Crippen molar-refractivity contribution in [3.63, 3.8) is 0 Å². The summed E-state index contributed by atoms with van der Waals surface area (Å²) in [6.07, 6.45) is -3.58. The fourth-order valence-electron chi connectivity index (χ4n) is 2.28. The lowest BCUT2D eigenvalue weighted by atomic mass is 10.1. The average Bonchev–Trinajstić information content (AvgIpc) is 2.85. The van der Waals surface area contributed by atoms with Crippen LogP contribution in [0.1, 0.15) is 12.0 Å². The second kappa shape index (κ2) is 6.32. The fourth-order valence-corrected chi connectivity index (χ4v) is 2.79. The minimum absolute atomic E-state index is 0.216. The van der Waals surface area contributed by atoms with Crippen LogP contribution in [-0.4, -0.2) is 37.4 Å². The van der Waals surface area contributed by atoms with Crippen molar-refractivity contribution < 1.29 is 17.9 Å². The molecule has 1 atom stereocenters. The van der Waals surface area contributed by atoms with Crippen molar-refractivity contribution in [2.75, 3.05) is 20.1 Å². The Morgan fingerprint density at radius 1 is 1.45 bits per heavy atom. The van der Waals surface area contributed by atoms with Crippen molar-refractivity contribution in [1.82, 2.24) is 10.2 Å². The van der Waals surface area contributed by atoms with Gasteiger partial charge in [-0.1, -0.05) is 6.07 Å². The zero-order chi connectivity index (χ0) is 14.8. The number of hydrogen-bond donors (Lipinski definition) is 1. The van der Waals surface area contributed by atoms with E-state index in [4.69, 9.17) is 0 Å². The normalized spacial score (nSPS) is 19.6. The molecule has 0 amide bonds. The maximum Gasteiger partial charge on any atom is 0.573 e. The van der Waals surface area contributed by atoms with E-state index in [1.54, 1.807) is 12.1 Å². The molecule has 1 aromatic rings. The molecule has 20 heavy (non-hydrogen) atoms. The molecule has 0 aromatic heterocycles. The standard InChI is InChI=1S/C13H16BrF3N2O/c1-19(10-4-5-18-7-10)8-9-2-3-12(11(14)6-9)20-13(15,16)17/h2-3,6,10,18H,4-5,7-8H2,1H3. The van der Waals surface area contributed by atoms with Crippen molar-refractivity contribution in [2.24, 2.45) is 0 Å². The molecule has 0 spiro atoms. The Bertz CT molecular complexity index is 461. The number of ether oxygens (including phenoxy) is 1. The number of nitrogens with zero attached hydrogens (tertiary/aromatic N) is 1. The maximum absolute atomic E-state index is 12.2. The molecule has 1 heterocycles. The smallest absolute Gasteiger partial charge is 0.405 e. The Kier molecular flexibility index (Phi) is 4.93. The number of halogens is 4. The molecule has 0 saturated carbocycles. The monoisotopic (exact) mass is 352 g/mol. The predicted molar refractivity (Wildman–Crippen MR) is 73.6 cm³/mol. The van der Waals surface area contributed by atoms with Crippen molar-refractivity contribution in [3.05, 3.63) is 28.2 Å². The number of hydrogen-bond acceptors (Lipinski definition) is 3. The molecular weight excluding hydrogens is 337 g/mol. The lowest BCUT2D eigenvalue weighted by Crippen LogP contribution is -2.32. The molecular formula is C13H16BrF3N2O. The summed E-state index contributed by atoms with van der Waals surface area (Å²) in [4.78, 5) is 2.20. The Morgan fingerprint density at radius 3 is 2.75 bits per heavy atom. The molecule has 7 heteroatoms. The lowest BCUT2D eigenvalue weighted by Gasteiger charge is -2.23. The Morgan fingerprint density at radius 2 is 2.20 bits per heavy atom. The quantitative estimate of drug-likeness (QED) is 0.900. The lowest BCUT2D eigenvalue weighted by molar-refractivity contribution is -0.274. The van der Waals surface area contributed by atoms with E-state index in [0.29, 0.717) is 17.1 Å². The number of benzene rings is 1. The third kappa shape index (κ3) is 4.36. The second-order valence-corrected chi connectivity index (χ2v) is 5.73. The van der Waals surface area contributed by atoms with E-state index in [9.17, 15) is 13.2 Å². The molecule has 1 aromatic carbocycles. The molecule has 2 rings (SSSR count). The number of rotatable bonds is 4. The van der Waals surface area contributed by atoms with Crippen LogP contribution in [0.4, 0.5) is 13.2 Å². The first-order chi connectivity index (χ1) is 9.35. The van der Waals surface area contributed by atoms with Crippen LogP contribution in [0.3, 0.4) is 0 Å². The van der Waals surface area contributed by atoms with Gasteiger partial charge in [0.25, 0.3) is 0 Å². The number of nitrogens with one attached hydrogen (secondary N) is 1. The number of likely N-dealkylation sites (N-methyl/N-ethyl adjacent to an activating group) is 1. The van der Waals surface area contributed by atoms with Gasteiger partial charge in [0.2, 0.25) is 0 Å². The molecule has 0 aliphatic carbocycles. The summed E-state index contributed by atoms with van der Waals surface area (Å²) in [5.41, 5.74) is 0.945. The zero-order valence-corrected chi connectivity index (χ0v) is 12.6. The van der Waals surface area contributed by atoms with E-state index in [2.05, 4.69) is 30.9 Å². The van der Waals surface area contributed by atoms with Gasteiger partial charge in [-0.15, -0.1) is 13.2 Å². The van der Waals surface area contributed by atoms with E-state index in [1.807, 2.05) is 7.05 Å². The predicted octanol–water partition coefficient (Wildman–Crippen LogP) is 3.14. The maximum atomic E-state index is 12.2. The van der Waals surface area contributed by atoms with Crippen LogP contribution in [0.2, 0.25) is 0 Å². The van der Waals surface area contributed by atoms with Gasteiger partial charge in [0.1, 0.15) is 5.75 Å². The van der Waals surface area contributed by atoms with Gasteiger partial charge in [-0.3, -0.25) is 4.90 Å². The molecule has 3 nitrogen and oxygen atoms in total. The third-order valence-electron chi connectivity index (χ3n) is 3.31. The second-order valence-electron chi connectivity index (χ2n) is 4.87. The summed E-state index contributed by atoms with van der Waals surface area (Å²) in [5, 5.41) is 3.29. The van der Waals surface area contributed by atoms with Crippen LogP contribution < -0.4 is 10.1 Å². The first kappa shape index (κ1) is 15.6. The van der Waals surface area contributed by atoms with Crippen LogP contribution in [0.25, 0.3) is 0 Å². The fraction of sp³-hybridized carbons (Fsp3) is 0.538. The molecule has 1 saturated heterocycles. The Hall–Kier alpha value is -0.790. The van der Waals surface area contributed by atoms with Crippen LogP contribution in [0.15, 0.2) is 22.7 Å². The first-order valence-corrected chi connectivity index (χ1v) is 7.09. The molecule has 1 aliphatic rings. The van der Waals surface area contributed by atoms with E-state index >= 15 is 0 Å². The van der Waals surface area contributed by atoms with E-state index in [0.717, 1.165) is 25.1 Å². The minimum atomic E-state index is -4.67. The van der Waals surface area contributed by atoms with Crippen LogP contribution in [0.5, 0.6) is 5.75 Å². The summed E-state index contributed by atoms with van der Waals surface area (Å²) in [6, 6.07) is 5.14. The van der Waals surface area contributed by atoms with E-state index in [1.165, 1.54) is 6.07 Å². The highest BCUT2D eigenvalue weighted by Gasteiger charge is 2.32. The number of alkyl halides is 3. The van der Waals surface area contributed by atoms with Crippen molar-refractivity contribution >= 4 is 15.9 Å². The molecule has 1 fully saturated rings. The van der Waals surface area contributed by atoms with Gasteiger partial charge in [0, 0.05) is 19.1 Å². The molecule has 0 radical (unpaired) electrons. The van der Waals surface area contributed by atoms with Crippen LogP contribution >= 0.6 is 15.9 Å². The average molecular weight is 353 g/mol. The van der Waals surface area contributed by atoms with E-state index < -0.39 is 6.36 Å². The Balaban J connectivity index is 2.01. The topological polar surface area (TPSA) is 24.5 Å².